The fraction of sp³-hybridized carbons (Fsp3) is 0.526. The van der Waals surface area contributed by atoms with Crippen LogP contribution in [0.25, 0.3) is 0 Å². The third-order valence-corrected chi connectivity index (χ3v) is 4.43. The maximum Gasteiger partial charge on any atom is 0.313 e. The lowest BCUT2D eigenvalue weighted by molar-refractivity contribution is -0.147. The van der Waals surface area contributed by atoms with Crippen molar-refractivity contribution < 1.29 is 28.6 Å². The van der Waals surface area contributed by atoms with Crippen molar-refractivity contribution in [1.29, 1.82) is 0 Å². The third kappa shape index (κ3) is 4.97. The number of nitrogens with zero attached hydrogens (tertiary/aromatic N) is 1. The molecule has 1 aromatic carbocycles. The quantitative estimate of drug-likeness (QED) is 0.519. The number of methoxy groups -OCH3 is 2. The number of likely N-dealkylation sites (tertiary alicyclic amines) is 1. The van der Waals surface area contributed by atoms with E-state index in [1.807, 2.05) is 6.07 Å². The zero-order valence-electron chi connectivity index (χ0n) is 15.4. The van der Waals surface area contributed by atoms with E-state index in [-0.39, 0.29) is 37.1 Å². The van der Waals surface area contributed by atoms with E-state index in [2.05, 4.69) is 0 Å². The van der Waals surface area contributed by atoms with Crippen LogP contribution in [0.5, 0.6) is 11.5 Å². The van der Waals surface area contributed by atoms with Crippen molar-refractivity contribution in [3.63, 3.8) is 0 Å². The number of esters is 1. The fourth-order valence-electron chi connectivity index (χ4n) is 3.02. The first-order chi connectivity index (χ1) is 12.5. The Labute approximate surface area is 153 Å². The topological polar surface area (TPSA) is 82.1 Å². The third-order valence-electron chi connectivity index (χ3n) is 4.43. The average Bonchev–Trinajstić information content (AvgIpc) is 2.63. The molecular formula is C19H25NO6. The maximum absolute atomic E-state index is 12.3. The predicted octanol–water partition coefficient (Wildman–Crippen LogP) is 1.96. The summed E-state index contributed by atoms with van der Waals surface area (Å²) in [5.74, 6) is 0.236. The first-order valence-electron chi connectivity index (χ1n) is 8.65. The van der Waals surface area contributed by atoms with Gasteiger partial charge in [0.25, 0.3) is 0 Å². The van der Waals surface area contributed by atoms with Crippen LogP contribution in [0, 0.1) is 5.92 Å². The van der Waals surface area contributed by atoms with E-state index in [9.17, 15) is 14.4 Å². The number of benzene rings is 1. The van der Waals surface area contributed by atoms with Gasteiger partial charge in [0.15, 0.2) is 0 Å². The van der Waals surface area contributed by atoms with E-state index in [1.54, 1.807) is 38.2 Å². The Morgan fingerprint density at radius 2 is 2.00 bits per heavy atom. The number of Topliss-reactive ketones (excluding diaryl/α,β-unsaturated/α-hetero) is 1. The molecule has 7 heteroatoms. The molecule has 1 atom stereocenters. The highest BCUT2D eigenvalue weighted by atomic mass is 16.5. The Kier molecular flexibility index (Phi) is 7.00. The number of hydrogen-bond donors (Lipinski definition) is 0. The second-order valence-electron chi connectivity index (χ2n) is 6.14. The Hall–Kier alpha value is -2.57. The van der Waals surface area contributed by atoms with Crippen LogP contribution in [-0.4, -0.2) is 49.9 Å². The highest BCUT2D eigenvalue weighted by molar-refractivity contribution is 5.97. The molecule has 1 aliphatic rings. The van der Waals surface area contributed by atoms with Gasteiger partial charge < -0.3 is 19.1 Å². The Balaban J connectivity index is 2.05. The summed E-state index contributed by atoms with van der Waals surface area (Å²) in [7, 11) is 3.13. The summed E-state index contributed by atoms with van der Waals surface area (Å²) >= 11 is 0. The van der Waals surface area contributed by atoms with Gasteiger partial charge >= 0.3 is 5.97 Å². The summed E-state index contributed by atoms with van der Waals surface area (Å²) in [6.45, 7) is 2.59. The monoisotopic (exact) mass is 363 g/mol. The molecule has 1 aliphatic heterocycles. The summed E-state index contributed by atoms with van der Waals surface area (Å²) in [5.41, 5.74) is 0.833. The molecule has 1 fully saturated rings. The van der Waals surface area contributed by atoms with Crippen LogP contribution in [-0.2, 0) is 25.7 Å². The van der Waals surface area contributed by atoms with Gasteiger partial charge in [0.2, 0.25) is 5.91 Å². The van der Waals surface area contributed by atoms with Crippen LogP contribution in [0.2, 0.25) is 0 Å². The zero-order chi connectivity index (χ0) is 19.1. The first-order valence-corrected chi connectivity index (χ1v) is 8.65. The number of piperidine rings is 1. The molecule has 7 nitrogen and oxygen atoms in total. The molecule has 26 heavy (non-hydrogen) atoms. The van der Waals surface area contributed by atoms with Gasteiger partial charge in [0, 0.05) is 37.1 Å². The lowest BCUT2D eigenvalue weighted by Crippen LogP contribution is -2.42. The van der Waals surface area contributed by atoms with E-state index >= 15 is 0 Å². The molecule has 0 radical (unpaired) electrons. The van der Waals surface area contributed by atoms with Gasteiger partial charge in [-0.15, -0.1) is 0 Å². The normalized spacial score (nSPS) is 17.0. The molecule has 0 N–H and O–H groups in total. The number of hydrogen-bond acceptors (Lipinski definition) is 6. The Morgan fingerprint density at radius 3 is 2.65 bits per heavy atom. The number of carbonyl (C=O) groups excluding carboxylic acids is 3. The van der Waals surface area contributed by atoms with Crippen LogP contribution in [0.15, 0.2) is 18.2 Å². The average molecular weight is 363 g/mol. The molecule has 1 aromatic rings. The molecule has 0 aliphatic carbocycles. The van der Waals surface area contributed by atoms with E-state index < -0.39 is 5.97 Å². The smallest absolute Gasteiger partial charge is 0.313 e. The minimum absolute atomic E-state index is 0.0111. The van der Waals surface area contributed by atoms with Gasteiger partial charge in [-0.25, -0.2) is 0 Å². The van der Waals surface area contributed by atoms with Crippen molar-refractivity contribution in [2.75, 3.05) is 27.4 Å². The fourth-order valence-corrected chi connectivity index (χ4v) is 3.02. The van der Waals surface area contributed by atoms with Crippen molar-refractivity contribution in [2.24, 2.45) is 5.92 Å². The van der Waals surface area contributed by atoms with Crippen LogP contribution in [0.3, 0.4) is 0 Å². The minimum Gasteiger partial charge on any atom is -0.497 e. The molecule has 1 saturated heterocycles. The number of ketones is 1. The van der Waals surface area contributed by atoms with Gasteiger partial charge in [-0.2, -0.15) is 0 Å². The minimum atomic E-state index is -0.516. The van der Waals surface area contributed by atoms with Crippen molar-refractivity contribution in [3.8, 4) is 11.5 Å². The summed E-state index contributed by atoms with van der Waals surface area (Å²) in [6, 6.07) is 5.40. The van der Waals surface area contributed by atoms with Crippen LogP contribution >= 0.6 is 0 Å². The maximum atomic E-state index is 12.3. The Morgan fingerprint density at radius 1 is 1.23 bits per heavy atom. The molecule has 0 aromatic heterocycles. The van der Waals surface area contributed by atoms with E-state index in [0.29, 0.717) is 31.0 Å². The summed E-state index contributed by atoms with van der Waals surface area (Å²) < 4.78 is 15.4. The van der Waals surface area contributed by atoms with Crippen molar-refractivity contribution in [2.45, 2.75) is 32.7 Å². The highest BCUT2D eigenvalue weighted by Gasteiger charge is 2.31. The van der Waals surface area contributed by atoms with E-state index in [1.165, 1.54) is 0 Å². The van der Waals surface area contributed by atoms with Gasteiger partial charge in [-0.05, 0) is 25.5 Å². The standard InChI is InChI=1S/C19H25NO6/c1-4-26-19(23)10-16(21)13-6-8-18(22)20(11-13)12-14-5-7-15(24-2)9-17(14)25-3/h5,7,9,13H,4,6,8,10-12H2,1-3H3. The van der Waals surface area contributed by atoms with Gasteiger partial charge in [0.05, 0.1) is 20.8 Å². The summed E-state index contributed by atoms with van der Waals surface area (Å²) in [5, 5.41) is 0. The highest BCUT2D eigenvalue weighted by Crippen LogP contribution is 2.28. The molecular weight excluding hydrogens is 338 g/mol. The van der Waals surface area contributed by atoms with Crippen LogP contribution < -0.4 is 9.47 Å². The predicted molar refractivity (Wildman–Crippen MR) is 93.9 cm³/mol. The molecule has 1 amide bonds. The lowest BCUT2D eigenvalue weighted by atomic mass is 9.91. The van der Waals surface area contributed by atoms with Gasteiger partial charge in [0.1, 0.15) is 23.7 Å². The largest absolute Gasteiger partial charge is 0.497 e. The van der Waals surface area contributed by atoms with Crippen molar-refractivity contribution in [1.82, 2.24) is 4.90 Å². The van der Waals surface area contributed by atoms with Crippen LogP contribution in [0.1, 0.15) is 31.7 Å². The second kappa shape index (κ2) is 9.22. The lowest BCUT2D eigenvalue weighted by Gasteiger charge is -2.32. The SMILES string of the molecule is CCOC(=O)CC(=O)C1CCC(=O)N(Cc2ccc(OC)cc2OC)C1. The van der Waals surface area contributed by atoms with E-state index in [4.69, 9.17) is 14.2 Å². The molecule has 2 rings (SSSR count). The molecule has 0 spiro atoms. The Bertz CT molecular complexity index is 672. The summed E-state index contributed by atoms with van der Waals surface area (Å²) in [4.78, 5) is 37.8. The molecule has 1 heterocycles. The zero-order valence-corrected chi connectivity index (χ0v) is 15.4. The molecule has 142 valence electrons. The molecule has 0 saturated carbocycles. The van der Waals surface area contributed by atoms with E-state index in [0.717, 1.165) is 5.56 Å². The van der Waals surface area contributed by atoms with Crippen LogP contribution in [0.4, 0.5) is 0 Å². The number of rotatable bonds is 8. The van der Waals surface area contributed by atoms with Gasteiger partial charge in [-0.1, -0.05) is 0 Å². The summed E-state index contributed by atoms with van der Waals surface area (Å²) in [6.07, 6.45) is 0.511. The van der Waals surface area contributed by atoms with Crippen molar-refractivity contribution in [3.05, 3.63) is 23.8 Å². The van der Waals surface area contributed by atoms with Gasteiger partial charge in [-0.3, -0.25) is 14.4 Å². The molecule has 0 bridgehead atoms. The molecule has 1 unspecified atom stereocenters. The van der Waals surface area contributed by atoms with Crippen molar-refractivity contribution >= 4 is 17.7 Å². The number of carbonyl (C=O) groups is 3. The second-order valence-corrected chi connectivity index (χ2v) is 6.14. The first kappa shape index (κ1) is 19.8. The number of ether oxygens (including phenoxy) is 3. The number of amides is 1.